The zero-order chi connectivity index (χ0) is 17.8. The molecule has 3 heterocycles. The van der Waals surface area contributed by atoms with Gasteiger partial charge in [-0.05, 0) is 24.3 Å². The Morgan fingerprint density at radius 3 is 2.48 bits per heavy atom. The summed E-state index contributed by atoms with van der Waals surface area (Å²) in [6.45, 7) is 1.65. The highest BCUT2D eigenvalue weighted by molar-refractivity contribution is 5.91. The van der Waals surface area contributed by atoms with Crippen molar-refractivity contribution in [1.82, 2.24) is 14.4 Å². The number of amides is 2. The molecule has 2 amide bonds. The summed E-state index contributed by atoms with van der Waals surface area (Å²) >= 11 is 0. The highest BCUT2D eigenvalue weighted by Crippen LogP contribution is 2.10. The number of piperazine rings is 1. The minimum Gasteiger partial charge on any atom is -0.491 e. The van der Waals surface area contributed by atoms with Gasteiger partial charge in [-0.2, -0.15) is 0 Å². The molecule has 2 aromatic heterocycles. The molecule has 0 spiro atoms. The molecule has 8 nitrogen and oxygen atoms in total. The molecule has 0 saturated carbocycles. The number of aromatic nitrogens is 1. The van der Waals surface area contributed by atoms with E-state index in [0.29, 0.717) is 31.9 Å². The van der Waals surface area contributed by atoms with E-state index >= 15 is 0 Å². The third-order valence-corrected chi connectivity index (χ3v) is 4.16. The van der Waals surface area contributed by atoms with Gasteiger partial charge in [-0.25, -0.2) is 0 Å². The molecule has 1 aliphatic heterocycles. The molecule has 3 rings (SSSR count). The van der Waals surface area contributed by atoms with Crippen LogP contribution in [0.4, 0.5) is 0 Å². The van der Waals surface area contributed by atoms with Crippen molar-refractivity contribution in [3.63, 3.8) is 0 Å². The van der Waals surface area contributed by atoms with Crippen LogP contribution >= 0.6 is 0 Å². The number of furan rings is 1. The maximum Gasteiger partial charge on any atom is 0.293 e. The molecule has 0 atom stereocenters. The number of ether oxygens (including phenoxy) is 1. The normalized spacial score (nSPS) is 14.4. The Morgan fingerprint density at radius 2 is 1.84 bits per heavy atom. The summed E-state index contributed by atoms with van der Waals surface area (Å²) in [7, 11) is 1.41. The van der Waals surface area contributed by atoms with Crippen molar-refractivity contribution in [1.29, 1.82) is 0 Å². The van der Waals surface area contributed by atoms with Crippen LogP contribution in [-0.4, -0.2) is 59.5 Å². The van der Waals surface area contributed by atoms with Crippen LogP contribution in [0.25, 0.3) is 0 Å². The second kappa shape index (κ2) is 7.25. The smallest absolute Gasteiger partial charge is 0.293 e. The van der Waals surface area contributed by atoms with E-state index in [1.54, 1.807) is 40.3 Å². The Kier molecular flexibility index (Phi) is 4.87. The van der Waals surface area contributed by atoms with Crippen LogP contribution < -0.4 is 10.3 Å². The maximum absolute atomic E-state index is 12.4. The van der Waals surface area contributed by atoms with Gasteiger partial charge in [-0.3, -0.25) is 14.4 Å². The van der Waals surface area contributed by atoms with Crippen LogP contribution in [0.1, 0.15) is 10.6 Å². The monoisotopic (exact) mass is 345 g/mol. The van der Waals surface area contributed by atoms with Crippen molar-refractivity contribution < 1.29 is 18.7 Å². The fraction of sp³-hybridized carbons (Fsp3) is 0.353. The molecular formula is C17H19N3O5. The molecule has 0 radical (unpaired) electrons. The lowest BCUT2D eigenvalue weighted by Crippen LogP contribution is -2.51. The summed E-state index contributed by atoms with van der Waals surface area (Å²) < 4.78 is 11.4. The second-order valence-electron chi connectivity index (χ2n) is 5.66. The number of hydrogen-bond donors (Lipinski definition) is 0. The molecular weight excluding hydrogens is 326 g/mol. The Hall–Kier alpha value is -3.03. The van der Waals surface area contributed by atoms with Gasteiger partial charge in [0.05, 0.1) is 13.4 Å². The molecule has 8 heteroatoms. The first kappa shape index (κ1) is 16.8. The van der Waals surface area contributed by atoms with Crippen molar-refractivity contribution in [2.45, 2.75) is 6.54 Å². The first-order chi connectivity index (χ1) is 12.1. The van der Waals surface area contributed by atoms with Gasteiger partial charge in [-0.1, -0.05) is 0 Å². The fourth-order valence-corrected chi connectivity index (χ4v) is 2.76. The lowest BCUT2D eigenvalue weighted by Gasteiger charge is -2.34. The van der Waals surface area contributed by atoms with Crippen LogP contribution in [0.3, 0.4) is 0 Å². The van der Waals surface area contributed by atoms with Gasteiger partial charge in [-0.15, -0.1) is 0 Å². The van der Waals surface area contributed by atoms with Crippen LogP contribution in [0, 0.1) is 0 Å². The van der Waals surface area contributed by atoms with Gasteiger partial charge in [0.15, 0.2) is 11.5 Å². The van der Waals surface area contributed by atoms with Gasteiger partial charge in [0.2, 0.25) is 5.91 Å². The van der Waals surface area contributed by atoms with Crippen LogP contribution in [0.2, 0.25) is 0 Å². The fourth-order valence-electron chi connectivity index (χ4n) is 2.76. The topological polar surface area (TPSA) is 85.0 Å². The summed E-state index contributed by atoms with van der Waals surface area (Å²) in [6.07, 6.45) is 3.01. The first-order valence-corrected chi connectivity index (χ1v) is 7.94. The van der Waals surface area contributed by atoms with E-state index < -0.39 is 0 Å². The maximum atomic E-state index is 12.4. The van der Waals surface area contributed by atoms with Gasteiger partial charge >= 0.3 is 0 Å². The van der Waals surface area contributed by atoms with E-state index in [1.807, 2.05) is 0 Å². The SMILES string of the molecule is COc1cccn(CC(=O)N2CCN(C(=O)c3ccco3)CC2)c1=O. The predicted octanol–water partition coefficient (Wildman–Crippen LogP) is 0.434. The van der Waals surface area contributed by atoms with Gasteiger partial charge in [0, 0.05) is 32.4 Å². The van der Waals surface area contributed by atoms with Gasteiger partial charge in [0.25, 0.3) is 11.5 Å². The van der Waals surface area contributed by atoms with Crippen LogP contribution in [-0.2, 0) is 11.3 Å². The van der Waals surface area contributed by atoms with E-state index in [4.69, 9.17) is 9.15 Å². The quantitative estimate of drug-likeness (QED) is 0.802. The molecule has 25 heavy (non-hydrogen) atoms. The Balaban J connectivity index is 1.59. The van der Waals surface area contributed by atoms with E-state index in [1.165, 1.54) is 17.9 Å². The summed E-state index contributed by atoms with van der Waals surface area (Å²) in [5.74, 6) is 0.147. The van der Waals surface area contributed by atoms with E-state index in [-0.39, 0.29) is 29.7 Å². The van der Waals surface area contributed by atoms with E-state index in [2.05, 4.69) is 0 Å². The molecule has 1 aliphatic rings. The third kappa shape index (κ3) is 3.57. The van der Waals surface area contributed by atoms with E-state index in [0.717, 1.165) is 0 Å². The van der Waals surface area contributed by atoms with Crippen molar-refractivity contribution in [3.05, 3.63) is 52.8 Å². The molecule has 132 valence electrons. The van der Waals surface area contributed by atoms with Crippen LogP contribution in [0.15, 0.2) is 45.9 Å². The van der Waals surface area contributed by atoms with Crippen molar-refractivity contribution in [3.8, 4) is 5.75 Å². The molecule has 2 aromatic rings. The van der Waals surface area contributed by atoms with Crippen molar-refractivity contribution in [2.75, 3.05) is 33.3 Å². The lowest BCUT2D eigenvalue weighted by molar-refractivity contribution is -0.133. The highest BCUT2D eigenvalue weighted by Gasteiger charge is 2.26. The molecule has 0 N–H and O–H groups in total. The zero-order valence-corrected chi connectivity index (χ0v) is 13.9. The van der Waals surface area contributed by atoms with Crippen molar-refractivity contribution in [2.24, 2.45) is 0 Å². The summed E-state index contributed by atoms with van der Waals surface area (Å²) in [5, 5.41) is 0. The van der Waals surface area contributed by atoms with Crippen LogP contribution in [0.5, 0.6) is 5.75 Å². The molecule has 0 aliphatic carbocycles. The van der Waals surface area contributed by atoms with E-state index in [9.17, 15) is 14.4 Å². The van der Waals surface area contributed by atoms with Gasteiger partial charge < -0.3 is 23.5 Å². The molecule has 1 saturated heterocycles. The number of hydrogen-bond acceptors (Lipinski definition) is 5. The summed E-state index contributed by atoms with van der Waals surface area (Å²) in [5.41, 5.74) is -0.343. The summed E-state index contributed by atoms with van der Waals surface area (Å²) in [4.78, 5) is 40.0. The predicted molar refractivity (Wildman–Crippen MR) is 88.4 cm³/mol. The van der Waals surface area contributed by atoms with Gasteiger partial charge in [0.1, 0.15) is 6.54 Å². The highest BCUT2D eigenvalue weighted by atomic mass is 16.5. The third-order valence-electron chi connectivity index (χ3n) is 4.16. The number of carbonyl (C=O) groups is 2. The molecule has 0 aromatic carbocycles. The number of pyridine rings is 1. The number of carbonyl (C=O) groups excluding carboxylic acids is 2. The Morgan fingerprint density at radius 1 is 1.12 bits per heavy atom. The lowest BCUT2D eigenvalue weighted by atomic mass is 10.2. The molecule has 0 bridgehead atoms. The Bertz CT molecular complexity index is 804. The Labute approximate surface area is 144 Å². The average molecular weight is 345 g/mol. The zero-order valence-electron chi connectivity index (χ0n) is 13.9. The number of nitrogens with zero attached hydrogens (tertiary/aromatic N) is 3. The number of rotatable bonds is 4. The van der Waals surface area contributed by atoms with Crippen molar-refractivity contribution >= 4 is 11.8 Å². The first-order valence-electron chi connectivity index (χ1n) is 7.94. The summed E-state index contributed by atoms with van der Waals surface area (Å²) in [6, 6.07) is 6.50. The molecule has 0 unspecified atom stereocenters. The largest absolute Gasteiger partial charge is 0.491 e. The molecule has 1 fully saturated rings. The minimum absolute atomic E-state index is 0.0534. The minimum atomic E-state index is -0.343. The average Bonchev–Trinajstić information content (AvgIpc) is 3.17. The standard InChI is InChI=1S/C17H19N3O5/c1-24-13-4-2-6-20(16(13)22)12-15(21)18-7-9-19(10-8-18)17(23)14-5-3-11-25-14/h2-6,11H,7-10,12H2,1H3. The number of methoxy groups -OCH3 is 1. The second-order valence-corrected chi connectivity index (χ2v) is 5.66.